The molecule has 0 bridgehead atoms. The summed E-state index contributed by atoms with van der Waals surface area (Å²) in [5, 5.41) is 12.6. The Balaban J connectivity index is 2.70. The van der Waals surface area contributed by atoms with Crippen LogP contribution < -0.4 is 5.32 Å². The van der Waals surface area contributed by atoms with E-state index in [1.54, 1.807) is 6.92 Å². The van der Waals surface area contributed by atoms with Crippen molar-refractivity contribution in [2.75, 3.05) is 0 Å². The molecule has 3 nitrogen and oxygen atoms in total. The van der Waals surface area contributed by atoms with Crippen molar-refractivity contribution in [1.82, 2.24) is 5.32 Å². The Morgan fingerprint density at radius 1 is 1.44 bits per heavy atom. The summed E-state index contributed by atoms with van der Waals surface area (Å²) in [4.78, 5) is 12.3. The monoisotopic (exact) mass is 227 g/mol. The molecule has 0 heterocycles. The summed E-state index contributed by atoms with van der Waals surface area (Å²) < 4.78 is 0. The molecule has 0 aromatic heterocycles. The molecule has 1 aliphatic rings. The van der Waals surface area contributed by atoms with E-state index in [0.29, 0.717) is 0 Å². The van der Waals surface area contributed by atoms with Gasteiger partial charge in [0.2, 0.25) is 5.91 Å². The molecule has 1 aliphatic carbocycles. The highest BCUT2D eigenvalue weighted by atomic mass is 16.3. The number of aliphatic hydroxyl groups excluding tert-OH is 1. The van der Waals surface area contributed by atoms with Gasteiger partial charge in [-0.15, -0.1) is 0 Å². The second kappa shape index (κ2) is 4.74. The molecule has 1 saturated carbocycles. The molecule has 1 unspecified atom stereocenters. The summed E-state index contributed by atoms with van der Waals surface area (Å²) in [6.45, 7) is 7.54. The fourth-order valence-corrected chi connectivity index (χ4v) is 2.32. The van der Waals surface area contributed by atoms with E-state index in [1.165, 1.54) is 0 Å². The van der Waals surface area contributed by atoms with Gasteiger partial charge in [-0.3, -0.25) is 4.79 Å². The van der Waals surface area contributed by atoms with Crippen molar-refractivity contribution in [2.24, 2.45) is 5.41 Å². The number of nitrogens with one attached hydrogen (secondary N) is 1. The van der Waals surface area contributed by atoms with Gasteiger partial charge in [0, 0.05) is 5.41 Å². The second-order valence-corrected chi connectivity index (χ2v) is 5.69. The fourth-order valence-electron chi connectivity index (χ4n) is 2.32. The minimum atomic E-state index is -0.540. The van der Waals surface area contributed by atoms with Crippen LogP contribution in [0.4, 0.5) is 0 Å². The highest BCUT2D eigenvalue weighted by Crippen LogP contribution is 2.41. The maximum Gasteiger partial charge on any atom is 0.226 e. The van der Waals surface area contributed by atoms with E-state index in [-0.39, 0.29) is 11.3 Å². The van der Waals surface area contributed by atoms with Crippen LogP contribution in [-0.2, 0) is 4.79 Å². The van der Waals surface area contributed by atoms with E-state index in [2.05, 4.69) is 12.2 Å². The Hall–Kier alpha value is -0.570. The molecular weight excluding hydrogens is 202 g/mol. The Morgan fingerprint density at radius 2 is 1.94 bits per heavy atom. The first-order valence-corrected chi connectivity index (χ1v) is 6.35. The molecule has 1 atom stereocenters. The van der Waals surface area contributed by atoms with E-state index in [9.17, 15) is 9.90 Å². The van der Waals surface area contributed by atoms with Gasteiger partial charge in [0.15, 0.2) is 0 Å². The molecule has 0 radical (unpaired) electrons. The van der Waals surface area contributed by atoms with Crippen molar-refractivity contribution in [3.8, 4) is 0 Å². The molecule has 0 spiro atoms. The third kappa shape index (κ3) is 2.57. The van der Waals surface area contributed by atoms with Crippen LogP contribution in [0.15, 0.2) is 0 Å². The molecule has 0 saturated heterocycles. The molecule has 0 aromatic carbocycles. The van der Waals surface area contributed by atoms with Crippen LogP contribution in [0.2, 0.25) is 0 Å². The van der Waals surface area contributed by atoms with Crippen LogP contribution in [0, 0.1) is 5.41 Å². The average molecular weight is 227 g/mol. The topological polar surface area (TPSA) is 49.3 Å². The van der Waals surface area contributed by atoms with Crippen LogP contribution in [0.5, 0.6) is 0 Å². The van der Waals surface area contributed by atoms with Crippen LogP contribution in [0.25, 0.3) is 0 Å². The fraction of sp³-hybridized carbons (Fsp3) is 0.923. The summed E-state index contributed by atoms with van der Waals surface area (Å²) in [5.41, 5.74) is -0.714. The summed E-state index contributed by atoms with van der Waals surface area (Å²) in [7, 11) is 0. The number of carbonyl (C=O) groups excluding carboxylic acids is 1. The van der Waals surface area contributed by atoms with Gasteiger partial charge in [0.1, 0.15) is 0 Å². The minimum absolute atomic E-state index is 0.124. The zero-order valence-electron chi connectivity index (χ0n) is 11.0. The number of hydrogen-bond donors (Lipinski definition) is 2. The highest BCUT2D eigenvalue weighted by Gasteiger charge is 2.41. The normalized spacial score (nSPS) is 21.8. The first kappa shape index (κ1) is 13.5. The third-order valence-electron chi connectivity index (χ3n) is 4.20. The van der Waals surface area contributed by atoms with Crippen molar-refractivity contribution in [3.63, 3.8) is 0 Å². The van der Waals surface area contributed by atoms with Gasteiger partial charge in [0.05, 0.1) is 11.6 Å². The lowest BCUT2D eigenvalue weighted by Gasteiger charge is -2.35. The number of hydrogen-bond acceptors (Lipinski definition) is 2. The van der Waals surface area contributed by atoms with Crippen molar-refractivity contribution >= 4 is 5.91 Å². The largest absolute Gasteiger partial charge is 0.391 e. The Labute approximate surface area is 98.6 Å². The lowest BCUT2D eigenvalue weighted by molar-refractivity contribution is -0.134. The van der Waals surface area contributed by atoms with Crippen molar-refractivity contribution in [3.05, 3.63) is 0 Å². The van der Waals surface area contributed by atoms with Crippen LogP contribution in [0.1, 0.15) is 59.8 Å². The summed E-state index contributed by atoms with van der Waals surface area (Å²) in [5.74, 6) is 0.124. The lowest BCUT2D eigenvalue weighted by Crippen LogP contribution is -2.55. The van der Waals surface area contributed by atoms with E-state index in [0.717, 1.165) is 32.1 Å². The van der Waals surface area contributed by atoms with Gasteiger partial charge in [-0.25, -0.2) is 0 Å². The van der Waals surface area contributed by atoms with Crippen LogP contribution in [0.3, 0.4) is 0 Å². The quantitative estimate of drug-likeness (QED) is 0.773. The predicted octanol–water partition coefficient (Wildman–Crippen LogP) is 2.23. The zero-order chi connectivity index (χ0) is 12.4. The molecule has 3 heteroatoms. The zero-order valence-corrected chi connectivity index (χ0v) is 11.0. The summed E-state index contributed by atoms with van der Waals surface area (Å²) >= 11 is 0. The molecule has 0 aromatic rings. The maximum atomic E-state index is 12.3. The molecule has 0 aliphatic heterocycles. The molecule has 2 N–H and O–H groups in total. The molecular formula is C13H25NO2. The van der Waals surface area contributed by atoms with Gasteiger partial charge in [-0.05, 0) is 40.0 Å². The van der Waals surface area contributed by atoms with E-state index in [4.69, 9.17) is 0 Å². The Kier molecular flexibility index (Phi) is 4.00. The van der Waals surface area contributed by atoms with Crippen molar-refractivity contribution in [1.29, 1.82) is 0 Å². The SMILES string of the molecule is CCC1(C(=O)NC(C)(C)C(C)O)CCCC1. The van der Waals surface area contributed by atoms with Crippen molar-refractivity contribution in [2.45, 2.75) is 71.4 Å². The maximum absolute atomic E-state index is 12.3. The third-order valence-corrected chi connectivity index (χ3v) is 4.20. The average Bonchev–Trinajstić information content (AvgIpc) is 2.66. The van der Waals surface area contributed by atoms with Crippen LogP contribution >= 0.6 is 0 Å². The number of aliphatic hydroxyl groups is 1. The first-order valence-electron chi connectivity index (χ1n) is 6.35. The number of carbonyl (C=O) groups is 1. The van der Waals surface area contributed by atoms with Crippen molar-refractivity contribution < 1.29 is 9.90 Å². The van der Waals surface area contributed by atoms with Gasteiger partial charge in [-0.2, -0.15) is 0 Å². The molecule has 94 valence electrons. The van der Waals surface area contributed by atoms with E-state index < -0.39 is 11.6 Å². The number of amides is 1. The smallest absolute Gasteiger partial charge is 0.226 e. The van der Waals surface area contributed by atoms with E-state index in [1.807, 2.05) is 13.8 Å². The predicted molar refractivity (Wildman–Crippen MR) is 65.1 cm³/mol. The summed E-state index contributed by atoms with van der Waals surface area (Å²) in [6.07, 6.45) is 4.64. The number of rotatable bonds is 4. The molecule has 1 rings (SSSR count). The van der Waals surface area contributed by atoms with Gasteiger partial charge in [0.25, 0.3) is 0 Å². The molecule has 1 fully saturated rings. The highest BCUT2D eigenvalue weighted by molar-refractivity contribution is 5.83. The lowest BCUT2D eigenvalue weighted by atomic mass is 9.81. The van der Waals surface area contributed by atoms with Gasteiger partial charge >= 0.3 is 0 Å². The standard InChI is InChI=1S/C13H25NO2/c1-5-13(8-6-7-9-13)11(16)14-12(3,4)10(2)15/h10,15H,5-9H2,1-4H3,(H,14,16). The summed E-state index contributed by atoms with van der Waals surface area (Å²) in [6, 6.07) is 0. The molecule has 16 heavy (non-hydrogen) atoms. The van der Waals surface area contributed by atoms with Gasteiger partial charge < -0.3 is 10.4 Å². The second-order valence-electron chi connectivity index (χ2n) is 5.69. The van der Waals surface area contributed by atoms with E-state index >= 15 is 0 Å². The first-order chi connectivity index (χ1) is 7.34. The van der Waals surface area contributed by atoms with Gasteiger partial charge in [-0.1, -0.05) is 19.8 Å². The Bertz CT molecular complexity index is 253. The van der Waals surface area contributed by atoms with Crippen LogP contribution in [-0.4, -0.2) is 22.7 Å². The Morgan fingerprint density at radius 3 is 2.31 bits per heavy atom. The minimum Gasteiger partial charge on any atom is -0.391 e. The molecule has 1 amide bonds.